The summed E-state index contributed by atoms with van der Waals surface area (Å²) in [5, 5.41) is 4.61. The number of benzene rings is 3. The molecule has 3 aromatic carbocycles. The van der Waals surface area contributed by atoms with Crippen LogP contribution in [0, 0.1) is 0 Å². The van der Waals surface area contributed by atoms with Crippen LogP contribution in [0.2, 0.25) is 10.0 Å². The van der Waals surface area contributed by atoms with Crippen LogP contribution in [-0.4, -0.2) is 60.6 Å². The second-order valence-corrected chi connectivity index (χ2v) is 11.0. The van der Waals surface area contributed by atoms with E-state index >= 15 is 0 Å². The number of ether oxygens (including phenoxy) is 2. The molecule has 0 bridgehead atoms. The first-order chi connectivity index (χ1) is 19.4. The van der Waals surface area contributed by atoms with Crippen molar-refractivity contribution in [3.8, 4) is 11.5 Å². The summed E-state index contributed by atoms with van der Waals surface area (Å²) in [6, 6.07) is 20.1. The van der Waals surface area contributed by atoms with Crippen LogP contribution >= 0.6 is 23.2 Å². The Hall–Kier alpha value is -3.26. The zero-order valence-electron chi connectivity index (χ0n) is 22.9. The Morgan fingerprint density at radius 3 is 2.20 bits per heavy atom. The molecule has 5 rings (SSSR count). The Bertz CT molecular complexity index is 1360. The summed E-state index contributed by atoms with van der Waals surface area (Å²) in [4.78, 5) is 23.4. The van der Waals surface area contributed by atoms with Crippen molar-refractivity contribution in [2.45, 2.75) is 39.0 Å². The van der Waals surface area contributed by atoms with E-state index < -0.39 is 6.04 Å². The van der Waals surface area contributed by atoms with E-state index in [4.69, 9.17) is 37.7 Å². The van der Waals surface area contributed by atoms with E-state index in [-0.39, 0.29) is 18.2 Å². The minimum atomic E-state index is -0.408. The molecule has 0 aromatic heterocycles. The van der Waals surface area contributed by atoms with Gasteiger partial charge in [0.25, 0.3) is 0 Å². The number of carbonyl (C=O) groups is 1. The Morgan fingerprint density at radius 2 is 1.60 bits per heavy atom. The maximum Gasteiger partial charge on any atom is 0.326 e. The van der Waals surface area contributed by atoms with Gasteiger partial charge in [-0.2, -0.15) is 0 Å². The number of nitrogens with one attached hydrogen (secondary N) is 1. The lowest BCUT2D eigenvalue weighted by atomic mass is 9.93. The van der Waals surface area contributed by atoms with Crippen molar-refractivity contribution >= 4 is 35.1 Å². The highest BCUT2D eigenvalue weighted by Gasteiger charge is 2.44. The number of urea groups is 1. The fourth-order valence-electron chi connectivity index (χ4n) is 5.16. The molecule has 9 heteroatoms. The van der Waals surface area contributed by atoms with Gasteiger partial charge in [0.05, 0.1) is 24.3 Å². The molecule has 0 aliphatic carbocycles. The smallest absolute Gasteiger partial charge is 0.326 e. The predicted octanol–water partition coefficient (Wildman–Crippen LogP) is 6.75. The molecule has 1 fully saturated rings. The van der Waals surface area contributed by atoms with E-state index in [9.17, 15) is 4.79 Å². The van der Waals surface area contributed by atoms with Crippen LogP contribution in [0.3, 0.4) is 0 Å². The van der Waals surface area contributed by atoms with Crippen LogP contribution in [0.15, 0.2) is 71.7 Å². The first kappa shape index (κ1) is 28.3. The highest BCUT2D eigenvalue weighted by atomic mass is 35.5. The fraction of sp³-hybridized carbons (Fsp3) is 0.355. The molecule has 1 saturated heterocycles. The average molecular weight is 582 g/mol. The van der Waals surface area contributed by atoms with Gasteiger partial charge in [-0.05, 0) is 68.3 Å². The second-order valence-electron chi connectivity index (χ2n) is 10.1. The first-order valence-electron chi connectivity index (χ1n) is 13.7. The number of hydrogen-bond donors (Lipinski definition) is 1. The minimum Gasteiger partial charge on any atom is -0.494 e. The summed E-state index contributed by atoms with van der Waals surface area (Å²) in [6.45, 7) is 9.13. The quantitative estimate of drug-likeness (QED) is 0.335. The third-order valence-electron chi connectivity index (χ3n) is 6.95. The highest BCUT2D eigenvalue weighted by Crippen LogP contribution is 2.45. The topological polar surface area (TPSA) is 66.4 Å². The number of aliphatic imine (C=N–C) groups is 1. The number of halogens is 2. The van der Waals surface area contributed by atoms with Gasteiger partial charge in [-0.1, -0.05) is 47.5 Å². The number of amides is 2. The van der Waals surface area contributed by atoms with Crippen molar-refractivity contribution in [2.75, 3.05) is 32.8 Å². The van der Waals surface area contributed by atoms with Gasteiger partial charge in [0.15, 0.2) is 0 Å². The van der Waals surface area contributed by atoms with E-state index in [1.807, 2.05) is 97.3 Å². The molecule has 0 radical (unpaired) electrons. The molecule has 3 aromatic rings. The Morgan fingerprint density at radius 1 is 0.975 bits per heavy atom. The summed E-state index contributed by atoms with van der Waals surface area (Å²) in [5.41, 5.74) is 2.62. The molecule has 2 atom stereocenters. The van der Waals surface area contributed by atoms with Crippen LogP contribution in [0.25, 0.3) is 0 Å². The number of rotatable bonds is 7. The van der Waals surface area contributed by atoms with E-state index in [2.05, 4.69) is 5.32 Å². The maximum atomic E-state index is 14.4. The Labute approximate surface area is 245 Å². The second kappa shape index (κ2) is 12.5. The van der Waals surface area contributed by atoms with Crippen LogP contribution in [-0.2, 0) is 0 Å². The summed E-state index contributed by atoms with van der Waals surface area (Å²) < 4.78 is 12.1. The molecule has 2 heterocycles. The van der Waals surface area contributed by atoms with Crippen LogP contribution in [0.1, 0.15) is 49.5 Å². The van der Waals surface area contributed by atoms with Gasteiger partial charge in [0, 0.05) is 42.3 Å². The van der Waals surface area contributed by atoms with Crippen molar-refractivity contribution in [3.63, 3.8) is 0 Å². The maximum absolute atomic E-state index is 14.4. The molecule has 0 saturated carbocycles. The monoisotopic (exact) mass is 580 g/mol. The lowest BCUT2D eigenvalue weighted by Gasteiger charge is -2.36. The van der Waals surface area contributed by atoms with E-state index in [1.165, 1.54) is 0 Å². The molecule has 2 aliphatic rings. The molecule has 40 heavy (non-hydrogen) atoms. The van der Waals surface area contributed by atoms with E-state index in [0.29, 0.717) is 47.1 Å². The van der Waals surface area contributed by atoms with Crippen molar-refractivity contribution in [1.29, 1.82) is 0 Å². The third kappa shape index (κ3) is 6.07. The molecule has 7 nitrogen and oxygen atoms in total. The number of hydrogen-bond acceptors (Lipinski definition) is 5. The fourth-order valence-corrected chi connectivity index (χ4v) is 5.41. The zero-order chi connectivity index (χ0) is 28.2. The molecule has 1 N–H and O–H groups in total. The van der Waals surface area contributed by atoms with Gasteiger partial charge >= 0.3 is 6.03 Å². The van der Waals surface area contributed by atoms with Crippen molar-refractivity contribution in [2.24, 2.45) is 4.99 Å². The number of piperazine rings is 1. The Kier molecular flexibility index (Phi) is 8.84. The number of amidine groups is 1. The summed E-state index contributed by atoms with van der Waals surface area (Å²) in [7, 11) is 0. The number of nitrogens with zero attached hydrogens (tertiary/aromatic N) is 3. The lowest BCUT2D eigenvalue weighted by Crippen LogP contribution is -2.53. The zero-order valence-corrected chi connectivity index (χ0v) is 24.5. The molecular formula is C31H34Cl2N4O3. The van der Waals surface area contributed by atoms with Crippen LogP contribution in [0.5, 0.6) is 11.5 Å². The molecular weight excluding hydrogens is 547 g/mol. The average Bonchev–Trinajstić information content (AvgIpc) is 3.34. The molecule has 0 spiro atoms. The van der Waals surface area contributed by atoms with Crippen molar-refractivity contribution in [1.82, 2.24) is 15.1 Å². The summed E-state index contributed by atoms with van der Waals surface area (Å²) in [6.07, 6.45) is -0.0888. The predicted molar refractivity (Wildman–Crippen MR) is 160 cm³/mol. The van der Waals surface area contributed by atoms with Crippen molar-refractivity contribution in [3.05, 3.63) is 93.5 Å². The highest BCUT2D eigenvalue weighted by molar-refractivity contribution is 6.30. The largest absolute Gasteiger partial charge is 0.494 e. The molecule has 2 aliphatic heterocycles. The van der Waals surface area contributed by atoms with Gasteiger partial charge in [0.2, 0.25) is 0 Å². The van der Waals surface area contributed by atoms with Gasteiger partial charge in [0.1, 0.15) is 23.4 Å². The first-order valence-corrected chi connectivity index (χ1v) is 14.4. The van der Waals surface area contributed by atoms with Gasteiger partial charge in [-0.15, -0.1) is 0 Å². The molecule has 210 valence electrons. The van der Waals surface area contributed by atoms with E-state index in [0.717, 1.165) is 29.8 Å². The molecule has 2 amide bonds. The standard InChI is InChI=1S/C31H34Cl2N4O3/c1-4-39-25-13-14-26(27(19-25)40-20(2)3)30-35-28(21-5-9-23(32)10-6-21)29(22-7-11-24(33)12-8-22)37(30)31(38)36-17-15-34-16-18-36/h5-14,19-20,28-29,34H,4,15-18H2,1-3H3/t28?,29-/m0/s1. The summed E-state index contributed by atoms with van der Waals surface area (Å²) >= 11 is 12.5. The SMILES string of the molecule is CCOc1ccc(C2=NC(c3ccc(Cl)cc3)[C@H](c3ccc(Cl)cc3)N2C(=O)N2CCNCC2)c(OC(C)C)c1. The normalized spacial score (nSPS) is 19.1. The van der Waals surface area contributed by atoms with Gasteiger partial charge in [-0.25, -0.2) is 4.79 Å². The Balaban J connectivity index is 1.69. The van der Waals surface area contributed by atoms with E-state index in [1.54, 1.807) is 0 Å². The molecule has 1 unspecified atom stereocenters. The summed E-state index contributed by atoms with van der Waals surface area (Å²) in [5.74, 6) is 1.87. The van der Waals surface area contributed by atoms with Gasteiger partial charge in [-0.3, -0.25) is 9.89 Å². The van der Waals surface area contributed by atoms with Crippen LogP contribution < -0.4 is 14.8 Å². The number of carbonyl (C=O) groups excluding carboxylic acids is 1. The minimum absolute atomic E-state index is 0.0888. The van der Waals surface area contributed by atoms with Gasteiger partial charge < -0.3 is 19.7 Å². The van der Waals surface area contributed by atoms with Crippen LogP contribution in [0.4, 0.5) is 4.79 Å². The third-order valence-corrected chi connectivity index (χ3v) is 7.46. The lowest BCUT2D eigenvalue weighted by molar-refractivity contribution is 0.157. The van der Waals surface area contributed by atoms with Crippen molar-refractivity contribution < 1.29 is 14.3 Å².